The number of benzene rings is 4. The number of rotatable bonds is 14. The Morgan fingerprint density at radius 1 is 0.511 bits per heavy atom. The van der Waals surface area contributed by atoms with Gasteiger partial charge in [-0.25, -0.2) is 16.8 Å². The second kappa shape index (κ2) is 18.7. The van der Waals surface area contributed by atoms with Gasteiger partial charge in [-0.05, 0) is 96.5 Å². The van der Waals surface area contributed by atoms with Gasteiger partial charge in [0.05, 0.1) is 9.79 Å². The van der Waals surface area contributed by atoms with Crippen molar-refractivity contribution in [3.05, 3.63) is 82.9 Å². The molecule has 4 aromatic rings. The predicted molar refractivity (Wildman–Crippen MR) is 184 cm³/mol. The van der Waals surface area contributed by atoms with Gasteiger partial charge in [-0.3, -0.25) is 0 Å². The number of aryl methyl sites for hydroxylation is 4. The van der Waals surface area contributed by atoms with Crippen molar-refractivity contribution in [2.45, 2.75) is 115 Å². The Kier molecular flexibility index (Phi) is 16.5. The molecule has 0 aliphatic heterocycles. The van der Waals surface area contributed by atoms with Crippen LogP contribution in [-0.2, 0) is 45.9 Å². The minimum Gasteiger partial charge on any atom is -0.744 e. The SMILES string of the molecule is CCCCc1cc(S(=O)(=O)[O-])c2c(CCCC)cccc2c1.CCCCc1cc(S(=O)(=O)[O-])c2c(CCCC)cccc2c1.[Ca+2]. The van der Waals surface area contributed by atoms with Crippen molar-refractivity contribution in [3.8, 4) is 0 Å². The third kappa shape index (κ3) is 11.3. The first kappa shape index (κ1) is 39.7. The van der Waals surface area contributed by atoms with Crippen molar-refractivity contribution in [1.29, 1.82) is 0 Å². The molecule has 0 heterocycles. The van der Waals surface area contributed by atoms with E-state index in [0.717, 1.165) is 110 Å². The molecular formula is C36H46CaO6S2. The number of unbranched alkanes of at least 4 members (excludes halogenated alkanes) is 4. The van der Waals surface area contributed by atoms with E-state index < -0.39 is 20.2 Å². The number of hydrogen-bond donors (Lipinski definition) is 0. The van der Waals surface area contributed by atoms with E-state index in [1.165, 1.54) is 0 Å². The van der Waals surface area contributed by atoms with E-state index in [2.05, 4.69) is 27.7 Å². The zero-order valence-electron chi connectivity index (χ0n) is 27.2. The molecule has 0 spiro atoms. The standard InChI is InChI=1S/2C18H24O3S.Ca/c2*1-3-5-8-14-12-16-11-7-10-15(9-6-4-2)18(16)17(13-14)22(19,20)21;/h2*7,10-13H,3-6,8-9H2,1-2H3,(H,19,20,21);/q;;+2/p-2. The van der Waals surface area contributed by atoms with Crippen LogP contribution in [0.25, 0.3) is 21.5 Å². The average Bonchev–Trinajstić information content (AvgIpc) is 2.99. The van der Waals surface area contributed by atoms with E-state index in [4.69, 9.17) is 0 Å². The maximum Gasteiger partial charge on any atom is 2.00 e. The Hall–Kier alpha value is -1.52. The Balaban J connectivity index is 0.000000307. The first-order valence-electron chi connectivity index (χ1n) is 15.9. The van der Waals surface area contributed by atoms with Gasteiger partial charge >= 0.3 is 37.7 Å². The Bertz CT molecular complexity index is 1630. The molecule has 0 bridgehead atoms. The summed E-state index contributed by atoms with van der Waals surface area (Å²) in [6.45, 7) is 8.38. The van der Waals surface area contributed by atoms with Gasteiger partial charge in [0, 0.05) is 10.8 Å². The normalized spacial score (nSPS) is 11.7. The fourth-order valence-corrected chi connectivity index (χ4v) is 7.23. The number of hydrogen-bond acceptors (Lipinski definition) is 6. The van der Waals surface area contributed by atoms with E-state index in [1.807, 2.05) is 48.5 Å². The van der Waals surface area contributed by atoms with Gasteiger partial charge in [0.25, 0.3) is 0 Å². The molecule has 0 unspecified atom stereocenters. The Labute approximate surface area is 300 Å². The molecule has 240 valence electrons. The third-order valence-corrected chi connectivity index (χ3v) is 9.67. The Morgan fingerprint density at radius 3 is 1.16 bits per heavy atom. The zero-order chi connectivity index (χ0) is 32.3. The Morgan fingerprint density at radius 2 is 0.844 bits per heavy atom. The van der Waals surface area contributed by atoms with Crippen LogP contribution < -0.4 is 0 Å². The van der Waals surface area contributed by atoms with Gasteiger partial charge in [-0.15, -0.1) is 0 Å². The molecule has 0 atom stereocenters. The van der Waals surface area contributed by atoms with Gasteiger partial charge in [-0.1, -0.05) is 102 Å². The van der Waals surface area contributed by atoms with Crippen LogP contribution in [0.2, 0.25) is 0 Å². The van der Waals surface area contributed by atoms with Crippen LogP contribution in [0.15, 0.2) is 70.5 Å². The zero-order valence-corrected chi connectivity index (χ0v) is 31.1. The van der Waals surface area contributed by atoms with Crippen LogP contribution in [-0.4, -0.2) is 63.7 Å². The minimum atomic E-state index is -4.47. The van der Waals surface area contributed by atoms with Gasteiger partial charge in [0.15, 0.2) is 0 Å². The van der Waals surface area contributed by atoms with Gasteiger partial charge in [0.1, 0.15) is 20.2 Å². The fourth-order valence-electron chi connectivity index (χ4n) is 5.64. The molecule has 45 heavy (non-hydrogen) atoms. The van der Waals surface area contributed by atoms with Crippen LogP contribution in [0.3, 0.4) is 0 Å². The maximum absolute atomic E-state index is 11.7. The fraction of sp³-hybridized carbons (Fsp3) is 0.444. The van der Waals surface area contributed by atoms with Crippen molar-refractivity contribution in [2.24, 2.45) is 0 Å². The smallest absolute Gasteiger partial charge is 0.744 e. The molecule has 0 aliphatic carbocycles. The molecule has 0 amide bonds. The molecule has 0 saturated heterocycles. The number of fused-ring (bicyclic) bond motifs is 2. The molecule has 0 fully saturated rings. The largest absolute Gasteiger partial charge is 2.00 e. The summed E-state index contributed by atoms with van der Waals surface area (Å²) >= 11 is 0. The topological polar surface area (TPSA) is 114 Å². The molecular weight excluding hydrogens is 633 g/mol. The van der Waals surface area contributed by atoms with Crippen LogP contribution in [0, 0.1) is 0 Å². The van der Waals surface area contributed by atoms with Gasteiger partial charge in [0.2, 0.25) is 0 Å². The minimum absolute atomic E-state index is 0. The van der Waals surface area contributed by atoms with Crippen molar-refractivity contribution >= 4 is 79.5 Å². The van der Waals surface area contributed by atoms with E-state index in [9.17, 15) is 25.9 Å². The van der Waals surface area contributed by atoms with Crippen molar-refractivity contribution in [3.63, 3.8) is 0 Å². The maximum atomic E-state index is 11.7. The molecule has 4 rings (SSSR count). The van der Waals surface area contributed by atoms with Crippen LogP contribution >= 0.6 is 0 Å². The van der Waals surface area contributed by atoms with E-state index >= 15 is 0 Å². The summed E-state index contributed by atoms with van der Waals surface area (Å²) in [5.41, 5.74) is 3.76. The second-order valence-electron chi connectivity index (χ2n) is 11.5. The van der Waals surface area contributed by atoms with Crippen molar-refractivity contribution in [1.82, 2.24) is 0 Å². The van der Waals surface area contributed by atoms with Crippen molar-refractivity contribution in [2.75, 3.05) is 0 Å². The van der Waals surface area contributed by atoms with Gasteiger partial charge < -0.3 is 9.11 Å². The molecule has 0 saturated carbocycles. The molecule has 0 aromatic heterocycles. The quantitative estimate of drug-likeness (QED) is 0.0976. The average molecular weight is 679 g/mol. The predicted octanol–water partition coefficient (Wildman–Crippen LogP) is 8.48. The second-order valence-corrected chi connectivity index (χ2v) is 14.2. The third-order valence-electron chi connectivity index (χ3n) is 7.95. The van der Waals surface area contributed by atoms with E-state index in [0.29, 0.717) is 10.8 Å². The molecule has 0 N–H and O–H groups in total. The summed E-state index contributed by atoms with van der Waals surface area (Å²) < 4.78 is 70.5. The summed E-state index contributed by atoms with van der Waals surface area (Å²) in [7, 11) is -8.95. The van der Waals surface area contributed by atoms with Gasteiger partial charge in [-0.2, -0.15) is 0 Å². The summed E-state index contributed by atoms with van der Waals surface area (Å²) in [6, 6.07) is 18.7. The van der Waals surface area contributed by atoms with Crippen LogP contribution in [0.5, 0.6) is 0 Å². The summed E-state index contributed by atoms with van der Waals surface area (Å²) in [5, 5.41) is 2.95. The molecule has 0 aliphatic rings. The first-order chi connectivity index (χ1) is 20.9. The van der Waals surface area contributed by atoms with Crippen LogP contribution in [0.4, 0.5) is 0 Å². The molecule has 0 radical (unpaired) electrons. The van der Waals surface area contributed by atoms with Crippen molar-refractivity contribution < 1.29 is 25.9 Å². The molecule has 4 aromatic carbocycles. The summed E-state index contributed by atoms with van der Waals surface area (Å²) in [6.07, 6.45) is 11.3. The monoisotopic (exact) mass is 678 g/mol. The first-order valence-corrected chi connectivity index (χ1v) is 18.8. The molecule has 6 nitrogen and oxygen atoms in total. The summed E-state index contributed by atoms with van der Waals surface area (Å²) in [5.74, 6) is 0. The van der Waals surface area contributed by atoms with Crippen LogP contribution in [0.1, 0.15) is 101 Å². The van der Waals surface area contributed by atoms with E-state index in [-0.39, 0.29) is 47.5 Å². The molecule has 9 heteroatoms. The summed E-state index contributed by atoms with van der Waals surface area (Å²) in [4.78, 5) is -0.106. The van der Waals surface area contributed by atoms with E-state index in [1.54, 1.807) is 12.1 Å².